The number of nitrogens with one attached hydrogen (secondary N) is 1. The van der Waals surface area contributed by atoms with Crippen molar-refractivity contribution in [1.29, 1.82) is 0 Å². The fourth-order valence-corrected chi connectivity index (χ4v) is 2.66. The number of hydrogen-bond acceptors (Lipinski definition) is 2. The first-order valence-electron chi connectivity index (χ1n) is 7.29. The summed E-state index contributed by atoms with van der Waals surface area (Å²) in [5, 5.41) is 13.0. The Morgan fingerprint density at radius 3 is 1.80 bits per heavy atom. The van der Waals surface area contributed by atoms with E-state index in [9.17, 15) is 5.11 Å². The fraction of sp³-hybridized carbons (Fsp3) is 0.333. The molecule has 20 heavy (non-hydrogen) atoms. The molecule has 1 aliphatic carbocycles. The van der Waals surface area contributed by atoms with Crippen LogP contribution in [0.2, 0.25) is 0 Å². The molecule has 0 heterocycles. The summed E-state index contributed by atoms with van der Waals surface area (Å²) < 4.78 is 0. The van der Waals surface area contributed by atoms with Crippen LogP contribution in [-0.2, 0) is 0 Å². The summed E-state index contributed by atoms with van der Waals surface area (Å²) in [6.07, 6.45) is 2.17. The Bertz CT molecular complexity index is 494. The van der Waals surface area contributed by atoms with Crippen LogP contribution in [0, 0.1) is 0 Å². The lowest BCUT2D eigenvalue weighted by Crippen LogP contribution is -2.37. The molecule has 0 spiro atoms. The van der Waals surface area contributed by atoms with Crippen LogP contribution in [0.25, 0.3) is 0 Å². The number of aliphatic hydroxyl groups excluding tert-OH is 1. The van der Waals surface area contributed by atoms with Crippen molar-refractivity contribution in [3.8, 4) is 0 Å². The van der Waals surface area contributed by atoms with Gasteiger partial charge in [-0.2, -0.15) is 0 Å². The number of hydrogen-bond donors (Lipinski definition) is 2. The Morgan fingerprint density at radius 2 is 1.40 bits per heavy atom. The van der Waals surface area contributed by atoms with E-state index in [2.05, 4.69) is 66.0 Å². The Balaban J connectivity index is 1.81. The summed E-state index contributed by atoms with van der Waals surface area (Å²) in [5.74, 6) is 0.335. The van der Waals surface area contributed by atoms with E-state index in [0.717, 1.165) is 19.4 Å². The van der Waals surface area contributed by atoms with Crippen molar-refractivity contribution in [2.75, 3.05) is 13.2 Å². The van der Waals surface area contributed by atoms with Crippen molar-refractivity contribution in [3.63, 3.8) is 0 Å². The monoisotopic (exact) mass is 267 g/mol. The van der Waals surface area contributed by atoms with E-state index in [-0.39, 0.29) is 12.1 Å². The molecule has 0 aromatic heterocycles. The van der Waals surface area contributed by atoms with E-state index in [4.69, 9.17) is 0 Å². The highest BCUT2D eigenvalue weighted by atomic mass is 16.3. The van der Waals surface area contributed by atoms with E-state index >= 15 is 0 Å². The average molecular weight is 267 g/mol. The first-order valence-corrected chi connectivity index (χ1v) is 7.29. The lowest BCUT2D eigenvalue weighted by Gasteiger charge is -2.22. The predicted octanol–water partition coefficient (Wildman–Crippen LogP) is 2.93. The quantitative estimate of drug-likeness (QED) is 0.843. The zero-order chi connectivity index (χ0) is 13.8. The zero-order valence-corrected chi connectivity index (χ0v) is 11.6. The first-order chi connectivity index (χ1) is 9.83. The van der Waals surface area contributed by atoms with Crippen molar-refractivity contribution in [2.24, 2.45) is 0 Å². The highest BCUT2D eigenvalue weighted by molar-refractivity contribution is 5.33. The fourth-order valence-electron chi connectivity index (χ4n) is 2.66. The topological polar surface area (TPSA) is 32.3 Å². The minimum absolute atomic E-state index is 0.0121. The summed E-state index contributed by atoms with van der Waals surface area (Å²) >= 11 is 0. The van der Waals surface area contributed by atoms with Crippen LogP contribution >= 0.6 is 0 Å². The molecule has 104 valence electrons. The normalized spacial score (nSPS) is 16.3. The van der Waals surface area contributed by atoms with E-state index in [1.54, 1.807) is 0 Å². The smallest absolute Gasteiger partial charge is 0.0613 e. The second kappa shape index (κ2) is 5.78. The van der Waals surface area contributed by atoms with Gasteiger partial charge in [0, 0.05) is 18.0 Å². The maximum absolute atomic E-state index is 9.45. The molecule has 0 unspecified atom stereocenters. The first kappa shape index (κ1) is 13.3. The molecule has 2 nitrogen and oxygen atoms in total. The van der Waals surface area contributed by atoms with Crippen molar-refractivity contribution in [1.82, 2.24) is 5.32 Å². The highest BCUT2D eigenvalue weighted by Gasteiger charge is 2.41. The molecule has 1 aliphatic rings. The van der Waals surface area contributed by atoms with Gasteiger partial charge in [0.1, 0.15) is 0 Å². The number of benzene rings is 2. The van der Waals surface area contributed by atoms with E-state index in [1.807, 2.05) is 0 Å². The molecule has 1 saturated carbocycles. The molecule has 2 heteroatoms. The summed E-state index contributed by atoms with van der Waals surface area (Å²) in [6, 6.07) is 21.2. The van der Waals surface area contributed by atoms with Crippen LogP contribution < -0.4 is 5.32 Å². The predicted molar refractivity (Wildman–Crippen MR) is 81.8 cm³/mol. The third-order valence-electron chi connectivity index (χ3n) is 4.24. The van der Waals surface area contributed by atoms with Gasteiger partial charge in [0.2, 0.25) is 0 Å². The van der Waals surface area contributed by atoms with E-state index in [0.29, 0.717) is 5.92 Å². The van der Waals surface area contributed by atoms with Crippen LogP contribution in [0.4, 0.5) is 0 Å². The van der Waals surface area contributed by atoms with Crippen LogP contribution in [-0.4, -0.2) is 23.8 Å². The second-order valence-corrected chi connectivity index (χ2v) is 5.69. The van der Waals surface area contributed by atoms with Crippen LogP contribution in [0.15, 0.2) is 60.7 Å². The molecule has 2 N–H and O–H groups in total. The van der Waals surface area contributed by atoms with Crippen LogP contribution in [0.5, 0.6) is 0 Å². The summed E-state index contributed by atoms with van der Waals surface area (Å²) in [6.45, 7) is 1.11. The maximum atomic E-state index is 9.45. The third kappa shape index (κ3) is 2.92. The maximum Gasteiger partial charge on any atom is 0.0613 e. The van der Waals surface area contributed by atoms with Crippen molar-refractivity contribution >= 4 is 0 Å². The highest BCUT2D eigenvalue weighted by Crippen LogP contribution is 2.35. The van der Waals surface area contributed by atoms with Crippen molar-refractivity contribution < 1.29 is 5.11 Å². The van der Waals surface area contributed by atoms with Gasteiger partial charge in [-0.1, -0.05) is 60.7 Å². The third-order valence-corrected chi connectivity index (χ3v) is 4.24. The van der Waals surface area contributed by atoms with Gasteiger partial charge in [0.05, 0.1) is 6.61 Å². The van der Waals surface area contributed by atoms with Gasteiger partial charge in [0.25, 0.3) is 0 Å². The Morgan fingerprint density at radius 1 is 0.900 bits per heavy atom. The van der Waals surface area contributed by atoms with Gasteiger partial charge in [-0.15, -0.1) is 0 Å². The SMILES string of the molecule is OCC1(NCC(c2ccccc2)c2ccccc2)CC1. The van der Waals surface area contributed by atoms with Crippen LogP contribution in [0.1, 0.15) is 29.9 Å². The molecular weight excluding hydrogens is 246 g/mol. The Hall–Kier alpha value is -1.64. The molecule has 2 aromatic carbocycles. The van der Waals surface area contributed by atoms with Gasteiger partial charge >= 0.3 is 0 Å². The summed E-state index contributed by atoms with van der Waals surface area (Å²) in [7, 11) is 0. The molecule has 0 saturated heterocycles. The molecule has 1 fully saturated rings. The van der Waals surface area contributed by atoms with Crippen LogP contribution in [0.3, 0.4) is 0 Å². The summed E-state index contributed by atoms with van der Waals surface area (Å²) in [4.78, 5) is 0. The molecule has 0 aliphatic heterocycles. The average Bonchev–Trinajstić information content (AvgIpc) is 3.30. The standard InChI is InChI=1S/C18H21NO/c20-14-18(11-12-18)19-13-17(15-7-3-1-4-8-15)16-9-5-2-6-10-16/h1-10,17,19-20H,11-14H2. The Labute approximate surface area is 120 Å². The minimum atomic E-state index is -0.0121. The Kier molecular flexibility index (Phi) is 3.86. The zero-order valence-electron chi connectivity index (χ0n) is 11.6. The van der Waals surface area contributed by atoms with Gasteiger partial charge < -0.3 is 10.4 Å². The molecule has 3 rings (SSSR count). The minimum Gasteiger partial charge on any atom is -0.394 e. The lowest BCUT2D eigenvalue weighted by molar-refractivity contribution is 0.230. The number of rotatable bonds is 6. The lowest BCUT2D eigenvalue weighted by atomic mass is 9.91. The van der Waals surface area contributed by atoms with E-state index in [1.165, 1.54) is 11.1 Å². The second-order valence-electron chi connectivity index (χ2n) is 5.69. The van der Waals surface area contributed by atoms with Gasteiger partial charge in [-0.05, 0) is 24.0 Å². The molecule has 0 radical (unpaired) electrons. The molecule has 0 bridgehead atoms. The molecular formula is C18H21NO. The molecule has 0 atom stereocenters. The summed E-state index contributed by atoms with van der Waals surface area (Å²) in [5.41, 5.74) is 2.63. The molecule has 0 amide bonds. The largest absolute Gasteiger partial charge is 0.394 e. The van der Waals surface area contributed by atoms with Gasteiger partial charge in [0.15, 0.2) is 0 Å². The van der Waals surface area contributed by atoms with Gasteiger partial charge in [-0.25, -0.2) is 0 Å². The van der Waals surface area contributed by atoms with Gasteiger partial charge in [-0.3, -0.25) is 0 Å². The van der Waals surface area contributed by atoms with E-state index < -0.39 is 0 Å². The van der Waals surface area contributed by atoms with Crippen molar-refractivity contribution in [2.45, 2.75) is 24.3 Å². The molecule has 2 aromatic rings. The van der Waals surface area contributed by atoms with Crippen molar-refractivity contribution in [3.05, 3.63) is 71.8 Å². The number of aliphatic hydroxyl groups is 1.